The Morgan fingerprint density at radius 2 is 2.50 bits per heavy atom. The van der Waals surface area contributed by atoms with Crippen molar-refractivity contribution in [3.8, 4) is 0 Å². The largest absolute Gasteiger partial charge is 0.334 e. The summed E-state index contributed by atoms with van der Waals surface area (Å²) in [5, 5.41) is 0.187. The highest BCUT2D eigenvalue weighted by Gasteiger charge is 2.17. The van der Waals surface area contributed by atoms with Crippen molar-refractivity contribution in [3.05, 3.63) is 0 Å². The molecule has 1 atom stereocenters. The predicted octanol–water partition coefficient (Wildman–Crippen LogP) is 0.494. The molecule has 1 saturated heterocycles. The lowest BCUT2D eigenvalue weighted by molar-refractivity contribution is -0.117. The highest BCUT2D eigenvalue weighted by molar-refractivity contribution is 7.80. The first-order valence-corrected chi connectivity index (χ1v) is 3.25. The van der Waals surface area contributed by atoms with Crippen LogP contribution in [0.25, 0.3) is 0 Å². The van der Waals surface area contributed by atoms with E-state index in [0.717, 1.165) is 25.8 Å². The maximum atomic E-state index is 10.1. The van der Waals surface area contributed by atoms with Crippen molar-refractivity contribution in [2.45, 2.75) is 18.2 Å². The van der Waals surface area contributed by atoms with E-state index < -0.39 is 0 Å². The van der Waals surface area contributed by atoms with E-state index in [0.29, 0.717) is 0 Å². The minimum atomic E-state index is 0.187. The number of likely N-dealkylation sites (tertiary alicyclic amines) is 1. The highest BCUT2D eigenvalue weighted by atomic mass is 32.1. The number of thiol groups is 1. The lowest BCUT2D eigenvalue weighted by atomic mass is 10.4. The van der Waals surface area contributed by atoms with Gasteiger partial charge in [0, 0.05) is 6.54 Å². The Labute approximate surface area is 54.3 Å². The van der Waals surface area contributed by atoms with E-state index in [1.807, 2.05) is 0 Å². The summed E-state index contributed by atoms with van der Waals surface area (Å²) >= 11 is 4.16. The second-order valence-electron chi connectivity index (χ2n) is 1.97. The van der Waals surface area contributed by atoms with Crippen molar-refractivity contribution in [1.29, 1.82) is 0 Å². The molecule has 0 aromatic rings. The van der Waals surface area contributed by atoms with E-state index in [9.17, 15) is 4.79 Å². The summed E-state index contributed by atoms with van der Waals surface area (Å²) in [6, 6.07) is 0. The number of nitrogens with zero attached hydrogens (tertiary/aromatic N) is 1. The van der Waals surface area contributed by atoms with Gasteiger partial charge in [0.05, 0.1) is 5.37 Å². The van der Waals surface area contributed by atoms with Gasteiger partial charge in [0.25, 0.3) is 0 Å². The summed E-state index contributed by atoms with van der Waals surface area (Å²) in [6.07, 6.45) is 3.01. The molecule has 0 aliphatic carbocycles. The van der Waals surface area contributed by atoms with Gasteiger partial charge in [-0.3, -0.25) is 4.79 Å². The topological polar surface area (TPSA) is 20.3 Å². The zero-order chi connectivity index (χ0) is 5.98. The minimum absolute atomic E-state index is 0.187. The van der Waals surface area contributed by atoms with Crippen LogP contribution in [0, 0.1) is 0 Å². The summed E-state index contributed by atoms with van der Waals surface area (Å²) in [4.78, 5) is 11.8. The van der Waals surface area contributed by atoms with Crippen LogP contribution < -0.4 is 0 Å². The van der Waals surface area contributed by atoms with Crippen LogP contribution in [0.4, 0.5) is 0 Å². The van der Waals surface area contributed by atoms with Gasteiger partial charge in [-0.15, -0.1) is 0 Å². The van der Waals surface area contributed by atoms with E-state index in [1.165, 1.54) is 0 Å². The summed E-state index contributed by atoms with van der Waals surface area (Å²) in [7, 11) is 0. The fourth-order valence-corrected chi connectivity index (χ4v) is 1.25. The normalized spacial score (nSPS) is 28.6. The SMILES string of the molecule is O=CN1CCCC1S. The summed E-state index contributed by atoms with van der Waals surface area (Å²) < 4.78 is 0. The molecule has 0 aromatic carbocycles. The average Bonchev–Trinajstić information content (AvgIpc) is 2.14. The van der Waals surface area contributed by atoms with E-state index in [2.05, 4.69) is 12.6 Å². The molecule has 0 spiro atoms. The van der Waals surface area contributed by atoms with Gasteiger partial charge < -0.3 is 4.90 Å². The van der Waals surface area contributed by atoms with Gasteiger partial charge in [-0.2, -0.15) is 12.6 Å². The molecule has 1 aliphatic heterocycles. The monoisotopic (exact) mass is 131 g/mol. The first-order valence-electron chi connectivity index (χ1n) is 2.73. The zero-order valence-electron chi connectivity index (χ0n) is 4.58. The van der Waals surface area contributed by atoms with Crippen LogP contribution in [0.2, 0.25) is 0 Å². The van der Waals surface area contributed by atoms with Gasteiger partial charge in [-0.05, 0) is 12.8 Å². The van der Waals surface area contributed by atoms with Gasteiger partial charge in [0.1, 0.15) is 0 Å². The van der Waals surface area contributed by atoms with Gasteiger partial charge in [0.2, 0.25) is 6.41 Å². The zero-order valence-corrected chi connectivity index (χ0v) is 5.47. The molecule has 0 N–H and O–H groups in total. The van der Waals surface area contributed by atoms with Gasteiger partial charge in [-0.25, -0.2) is 0 Å². The first-order chi connectivity index (χ1) is 3.84. The van der Waals surface area contributed by atoms with Crippen molar-refractivity contribution in [2.75, 3.05) is 6.54 Å². The fraction of sp³-hybridized carbons (Fsp3) is 0.800. The van der Waals surface area contributed by atoms with Crippen molar-refractivity contribution < 1.29 is 4.79 Å². The number of rotatable bonds is 1. The first kappa shape index (κ1) is 5.95. The fourth-order valence-electron chi connectivity index (χ4n) is 0.894. The summed E-state index contributed by atoms with van der Waals surface area (Å²) in [6.45, 7) is 0.887. The Bertz CT molecular complexity index is 96.4. The van der Waals surface area contributed by atoms with Gasteiger partial charge >= 0.3 is 0 Å². The quantitative estimate of drug-likeness (QED) is 0.406. The number of hydrogen-bond acceptors (Lipinski definition) is 2. The van der Waals surface area contributed by atoms with Gasteiger partial charge in [-0.1, -0.05) is 0 Å². The van der Waals surface area contributed by atoms with Crippen LogP contribution in [0.3, 0.4) is 0 Å². The molecule has 1 fully saturated rings. The smallest absolute Gasteiger partial charge is 0.210 e. The van der Waals surface area contributed by atoms with E-state index in [1.54, 1.807) is 4.90 Å². The van der Waals surface area contributed by atoms with Gasteiger partial charge in [0.15, 0.2) is 0 Å². The molecule has 0 bridgehead atoms. The molecular weight excluding hydrogens is 122 g/mol. The number of amides is 1. The Balaban J connectivity index is 2.41. The lowest BCUT2D eigenvalue weighted by Crippen LogP contribution is -2.22. The minimum Gasteiger partial charge on any atom is -0.334 e. The van der Waals surface area contributed by atoms with E-state index in [4.69, 9.17) is 0 Å². The number of carbonyl (C=O) groups is 1. The molecule has 0 aromatic heterocycles. The maximum absolute atomic E-state index is 10.1. The second-order valence-corrected chi connectivity index (χ2v) is 2.56. The maximum Gasteiger partial charge on any atom is 0.210 e. The molecule has 1 unspecified atom stereocenters. The van der Waals surface area contributed by atoms with E-state index >= 15 is 0 Å². The Morgan fingerprint density at radius 3 is 2.75 bits per heavy atom. The predicted molar refractivity (Wildman–Crippen MR) is 34.8 cm³/mol. The van der Waals surface area contributed by atoms with Crippen molar-refractivity contribution in [3.63, 3.8) is 0 Å². The third-order valence-electron chi connectivity index (χ3n) is 1.40. The molecular formula is C5H9NOS. The van der Waals surface area contributed by atoms with Crippen LogP contribution in [0.1, 0.15) is 12.8 Å². The Kier molecular flexibility index (Phi) is 1.78. The molecule has 8 heavy (non-hydrogen) atoms. The molecule has 1 rings (SSSR count). The second kappa shape index (κ2) is 2.40. The lowest BCUT2D eigenvalue weighted by Gasteiger charge is -2.12. The Hall–Kier alpha value is -0.180. The molecule has 1 aliphatic rings. The van der Waals surface area contributed by atoms with Crippen LogP contribution in [0.5, 0.6) is 0 Å². The molecule has 0 radical (unpaired) electrons. The van der Waals surface area contributed by atoms with Crippen molar-refractivity contribution in [2.24, 2.45) is 0 Å². The van der Waals surface area contributed by atoms with E-state index in [-0.39, 0.29) is 5.37 Å². The van der Waals surface area contributed by atoms with Crippen LogP contribution in [0.15, 0.2) is 0 Å². The summed E-state index contributed by atoms with van der Waals surface area (Å²) in [5.41, 5.74) is 0. The van der Waals surface area contributed by atoms with Crippen LogP contribution >= 0.6 is 12.6 Å². The number of carbonyl (C=O) groups excluding carboxylic acids is 1. The number of hydrogen-bond donors (Lipinski definition) is 1. The Morgan fingerprint density at radius 1 is 1.75 bits per heavy atom. The van der Waals surface area contributed by atoms with Crippen LogP contribution in [-0.2, 0) is 4.79 Å². The molecule has 0 saturated carbocycles. The summed E-state index contributed by atoms with van der Waals surface area (Å²) in [5.74, 6) is 0. The molecule has 3 heteroatoms. The standard InChI is InChI=1S/C5H9NOS/c7-4-6-3-1-2-5(6)8/h4-5,8H,1-3H2. The van der Waals surface area contributed by atoms with Crippen molar-refractivity contribution >= 4 is 19.0 Å². The third-order valence-corrected chi connectivity index (χ3v) is 1.95. The third kappa shape index (κ3) is 0.968. The van der Waals surface area contributed by atoms with Crippen LogP contribution in [-0.4, -0.2) is 23.2 Å². The van der Waals surface area contributed by atoms with Crippen molar-refractivity contribution in [1.82, 2.24) is 4.90 Å². The molecule has 1 heterocycles. The average molecular weight is 131 g/mol. The molecule has 46 valence electrons. The molecule has 2 nitrogen and oxygen atoms in total. The molecule has 1 amide bonds. The highest BCUT2D eigenvalue weighted by Crippen LogP contribution is 2.16.